The standard InChI is InChI=1S/C24H21N5O/c1-15-14-29(24(19-8-4-6-10-25-19)20-9-5-7-11-26-20)21-12-18(13-27-23(15)21)22-16(2)28-30-17(22)3/h4-14,24H,1-3H3. The van der Waals surface area contributed by atoms with Crippen LogP contribution in [0.15, 0.2) is 71.8 Å². The Hall–Kier alpha value is -3.80. The van der Waals surface area contributed by atoms with Crippen molar-refractivity contribution in [2.75, 3.05) is 0 Å². The van der Waals surface area contributed by atoms with Crippen LogP contribution in [-0.4, -0.2) is 24.7 Å². The van der Waals surface area contributed by atoms with Gasteiger partial charge in [0.1, 0.15) is 11.8 Å². The molecule has 0 spiro atoms. The zero-order valence-corrected chi connectivity index (χ0v) is 17.1. The molecular formula is C24H21N5O. The van der Waals surface area contributed by atoms with Gasteiger partial charge in [0.15, 0.2) is 0 Å². The minimum Gasteiger partial charge on any atom is -0.361 e. The van der Waals surface area contributed by atoms with E-state index >= 15 is 0 Å². The van der Waals surface area contributed by atoms with Gasteiger partial charge in [0, 0.05) is 35.9 Å². The minimum absolute atomic E-state index is 0.162. The largest absolute Gasteiger partial charge is 0.361 e. The fraction of sp³-hybridized carbons (Fsp3) is 0.167. The molecule has 0 unspecified atom stereocenters. The first-order chi connectivity index (χ1) is 14.6. The summed E-state index contributed by atoms with van der Waals surface area (Å²) in [7, 11) is 0. The van der Waals surface area contributed by atoms with E-state index in [0.717, 1.165) is 50.6 Å². The Morgan fingerprint density at radius 1 is 0.900 bits per heavy atom. The number of aromatic nitrogens is 5. The van der Waals surface area contributed by atoms with Gasteiger partial charge in [-0.25, -0.2) is 0 Å². The number of aryl methyl sites for hydroxylation is 3. The van der Waals surface area contributed by atoms with Gasteiger partial charge < -0.3 is 9.09 Å². The van der Waals surface area contributed by atoms with Crippen molar-refractivity contribution >= 4 is 11.0 Å². The highest BCUT2D eigenvalue weighted by Crippen LogP contribution is 2.34. The molecule has 5 heterocycles. The second kappa shape index (κ2) is 7.22. The van der Waals surface area contributed by atoms with E-state index in [9.17, 15) is 0 Å². The highest BCUT2D eigenvalue weighted by Gasteiger charge is 2.23. The lowest BCUT2D eigenvalue weighted by molar-refractivity contribution is 0.393. The molecule has 148 valence electrons. The minimum atomic E-state index is -0.162. The van der Waals surface area contributed by atoms with Crippen molar-refractivity contribution in [3.8, 4) is 11.1 Å². The lowest BCUT2D eigenvalue weighted by Crippen LogP contribution is -2.14. The van der Waals surface area contributed by atoms with Gasteiger partial charge in [-0.15, -0.1) is 0 Å². The zero-order valence-electron chi connectivity index (χ0n) is 17.1. The third-order valence-corrected chi connectivity index (χ3v) is 5.39. The number of nitrogens with zero attached hydrogens (tertiary/aromatic N) is 5. The van der Waals surface area contributed by atoms with Gasteiger partial charge in [0.05, 0.1) is 28.1 Å². The lowest BCUT2D eigenvalue weighted by Gasteiger charge is -2.19. The quantitative estimate of drug-likeness (QED) is 0.426. The Morgan fingerprint density at radius 2 is 1.60 bits per heavy atom. The Bertz CT molecular complexity index is 1260. The molecule has 0 atom stereocenters. The van der Waals surface area contributed by atoms with Crippen LogP contribution in [0.4, 0.5) is 0 Å². The van der Waals surface area contributed by atoms with Crippen LogP contribution >= 0.6 is 0 Å². The smallest absolute Gasteiger partial charge is 0.141 e. The molecule has 5 rings (SSSR count). The van der Waals surface area contributed by atoms with Gasteiger partial charge in [-0.2, -0.15) is 0 Å². The van der Waals surface area contributed by atoms with Crippen LogP contribution in [0.2, 0.25) is 0 Å². The number of pyridine rings is 3. The van der Waals surface area contributed by atoms with E-state index in [1.54, 1.807) is 0 Å². The predicted molar refractivity (Wildman–Crippen MR) is 115 cm³/mol. The van der Waals surface area contributed by atoms with Crippen LogP contribution in [-0.2, 0) is 0 Å². The third kappa shape index (κ3) is 2.97. The van der Waals surface area contributed by atoms with Crippen LogP contribution in [0.3, 0.4) is 0 Å². The topological polar surface area (TPSA) is 69.6 Å². The first-order valence-electron chi connectivity index (χ1n) is 9.86. The molecule has 0 N–H and O–H groups in total. The normalized spacial score (nSPS) is 11.5. The molecule has 30 heavy (non-hydrogen) atoms. The summed E-state index contributed by atoms with van der Waals surface area (Å²) in [4.78, 5) is 14.1. The fourth-order valence-electron chi connectivity index (χ4n) is 4.05. The first-order valence-corrected chi connectivity index (χ1v) is 9.86. The lowest BCUT2D eigenvalue weighted by atomic mass is 10.0. The molecule has 0 bridgehead atoms. The second-order valence-electron chi connectivity index (χ2n) is 7.42. The van der Waals surface area contributed by atoms with Gasteiger partial charge in [0.25, 0.3) is 0 Å². The third-order valence-electron chi connectivity index (χ3n) is 5.39. The molecule has 0 radical (unpaired) electrons. The molecule has 0 aliphatic carbocycles. The number of rotatable bonds is 4. The summed E-state index contributed by atoms with van der Waals surface area (Å²) in [5, 5.41) is 4.10. The Morgan fingerprint density at radius 3 is 2.17 bits per heavy atom. The molecule has 0 saturated carbocycles. The van der Waals surface area contributed by atoms with Crippen LogP contribution in [0.1, 0.15) is 34.4 Å². The maximum Gasteiger partial charge on any atom is 0.141 e. The molecular weight excluding hydrogens is 374 g/mol. The molecule has 0 aliphatic rings. The summed E-state index contributed by atoms with van der Waals surface area (Å²) < 4.78 is 7.59. The Kier molecular flexibility index (Phi) is 4.39. The maximum atomic E-state index is 5.38. The van der Waals surface area contributed by atoms with Gasteiger partial charge in [0.2, 0.25) is 0 Å². The van der Waals surface area contributed by atoms with Crippen molar-refractivity contribution in [3.63, 3.8) is 0 Å². The second-order valence-corrected chi connectivity index (χ2v) is 7.42. The summed E-state index contributed by atoms with van der Waals surface area (Å²) in [5.41, 5.74) is 7.77. The number of hydrogen-bond donors (Lipinski definition) is 0. The maximum absolute atomic E-state index is 5.38. The van der Waals surface area contributed by atoms with E-state index in [2.05, 4.69) is 38.9 Å². The average molecular weight is 395 g/mol. The van der Waals surface area contributed by atoms with E-state index in [1.807, 2.05) is 68.8 Å². The predicted octanol–water partition coefficient (Wildman–Crippen LogP) is 5.04. The van der Waals surface area contributed by atoms with E-state index < -0.39 is 0 Å². The summed E-state index contributed by atoms with van der Waals surface area (Å²) in [5.74, 6) is 0.787. The molecule has 0 fully saturated rings. The molecule has 0 aliphatic heterocycles. The molecule has 6 heteroatoms. The summed E-state index contributed by atoms with van der Waals surface area (Å²) >= 11 is 0. The molecule has 5 aromatic rings. The molecule has 6 nitrogen and oxygen atoms in total. The van der Waals surface area contributed by atoms with E-state index in [1.165, 1.54) is 0 Å². The molecule has 5 aromatic heterocycles. The monoisotopic (exact) mass is 395 g/mol. The number of hydrogen-bond acceptors (Lipinski definition) is 5. The average Bonchev–Trinajstić information content (AvgIpc) is 3.28. The molecule has 0 amide bonds. The van der Waals surface area contributed by atoms with Crippen molar-refractivity contribution in [3.05, 3.63) is 95.7 Å². The van der Waals surface area contributed by atoms with Crippen molar-refractivity contribution in [2.24, 2.45) is 0 Å². The van der Waals surface area contributed by atoms with Crippen LogP contribution in [0.5, 0.6) is 0 Å². The number of fused-ring (bicyclic) bond motifs is 1. The first kappa shape index (κ1) is 18.2. The Labute approximate surface area is 174 Å². The van der Waals surface area contributed by atoms with Crippen molar-refractivity contribution in [2.45, 2.75) is 26.8 Å². The van der Waals surface area contributed by atoms with Crippen molar-refractivity contribution in [1.82, 2.24) is 24.7 Å². The highest BCUT2D eigenvalue weighted by atomic mass is 16.5. The van der Waals surface area contributed by atoms with Gasteiger partial charge >= 0.3 is 0 Å². The zero-order chi connectivity index (χ0) is 20.7. The van der Waals surface area contributed by atoms with Crippen LogP contribution in [0, 0.1) is 20.8 Å². The van der Waals surface area contributed by atoms with E-state index in [4.69, 9.17) is 9.51 Å². The fourth-order valence-corrected chi connectivity index (χ4v) is 4.05. The van der Waals surface area contributed by atoms with E-state index in [-0.39, 0.29) is 6.04 Å². The van der Waals surface area contributed by atoms with E-state index in [0.29, 0.717) is 0 Å². The highest BCUT2D eigenvalue weighted by molar-refractivity contribution is 5.85. The SMILES string of the molecule is Cc1noc(C)c1-c1cnc2c(C)cn(C(c3ccccn3)c3ccccn3)c2c1. The van der Waals surface area contributed by atoms with Gasteiger partial charge in [-0.1, -0.05) is 17.3 Å². The van der Waals surface area contributed by atoms with Crippen LogP contribution in [0.25, 0.3) is 22.2 Å². The van der Waals surface area contributed by atoms with Crippen molar-refractivity contribution < 1.29 is 4.52 Å². The van der Waals surface area contributed by atoms with Gasteiger partial charge in [-0.05, 0) is 56.7 Å². The van der Waals surface area contributed by atoms with Gasteiger partial charge in [-0.3, -0.25) is 15.0 Å². The summed E-state index contributed by atoms with van der Waals surface area (Å²) in [6, 6.07) is 13.9. The summed E-state index contributed by atoms with van der Waals surface area (Å²) in [6.07, 6.45) is 7.65. The Balaban J connectivity index is 1.77. The van der Waals surface area contributed by atoms with Crippen molar-refractivity contribution in [1.29, 1.82) is 0 Å². The molecule has 0 aromatic carbocycles. The molecule has 0 saturated heterocycles. The van der Waals surface area contributed by atoms with Crippen LogP contribution < -0.4 is 0 Å². The summed E-state index contributed by atoms with van der Waals surface area (Å²) in [6.45, 7) is 5.95.